The summed E-state index contributed by atoms with van der Waals surface area (Å²) in [5.41, 5.74) is -3.61. The zero-order chi connectivity index (χ0) is 20.0. The Morgan fingerprint density at radius 3 is 2.35 bits per heavy atom. The lowest BCUT2D eigenvalue weighted by atomic mass is 9.71. The van der Waals surface area contributed by atoms with Gasteiger partial charge in [0.25, 0.3) is 0 Å². The lowest BCUT2D eigenvalue weighted by Gasteiger charge is -2.45. The number of carbonyl (C=O) groups excluding carboxylic acids is 1. The normalized spacial score (nSPS) is 36.8. The van der Waals surface area contributed by atoms with Gasteiger partial charge >= 0.3 is 0 Å². The Bertz CT molecular complexity index is 571. The summed E-state index contributed by atoms with van der Waals surface area (Å²) in [4.78, 5) is 12.0. The fourth-order valence-electron chi connectivity index (χ4n) is 3.77. The van der Waals surface area contributed by atoms with Gasteiger partial charge in [-0.05, 0) is 84.3 Å². The molecule has 0 aromatic carbocycles. The number of ether oxygens (including phenoxy) is 1. The van der Waals surface area contributed by atoms with E-state index in [1.807, 2.05) is 13.8 Å². The van der Waals surface area contributed by atoms with Crippen molar-refractivity contribution in [3.8, 4) is 0 Å². The molecule has 2 aliphatic rings. The van der Waals surface area contributed by atoms with E-state index in [-0.39, 0.29) is 18.3 Å². The Morgan fingerprint density at radius 2 is 1.85 bits per heavy atom. The van der Waals surface area contributed by atoms with Crippen LogP contribution in [-0.4, -0.2) is 61.3 Å². The minimum absolute atomic E-state index is 0.0539. The van der Waals surface area contributed by atoms with Gasteiger partial charge in [-0.25, -0.2) is 0 Å². The fraction of sp³-hybridized carbons (Fsp3) is 0.850. The van der Waals surface area contributed by atoms with Crippen molar-refractivity contribution in [3.05, 3.63) is 11.6 Å². The first-order chi connectivity index (χ1) is 11.7. The summed E-state index contributed by atoms with van der Waals surface area (Å²) in [5.74, 6) is -0.411. The Hall–Kier alpha value is -0.790. The highest BCUT2D eigenvalue weighted by Crippen LogP contribution is 2.39. The molecule has 1 fully saturated rings. The van der Waals surface area contributed by atoms with Gasteiger partial charge in [-0.3, -0.25) is 4.79 Å². The average molecular weight is 370 g/mol. The molecule has 4 atom stereocenters. The molecular formula is C20H34O6. The molecule has 0 aliphatic heterocycles. The second-order valence-electron chi connectivity index (χ2n) is 9.35. The smallest absolute Gasteiger partial charge is 0.186 e. The molecule has 2 aliphatic carbocycles. The van der Waals surface area contributed by atoms with E-state index in [4.69, 9.17) is 4.74 Å². The summed E-state index contributed by atoms with van der Waals surface area (Å²) >= 11 is 0. The van der Waals surface area contributed by atoms with E-state index in [0.717, 1.165) is 5.57 Å². The predicted molar refractivity (Wildman–Crippen MR) is 97.6 cm³/mol. The van der Waals surface area contributed by atoms with Crippen molar-refractivity contribution in [2.75, 3.05) is 6.61 Å². The number of hydrogen-bond donors (Lipinski definition) is 4. The van der Waals surface area contributed by atoms with Crippen LogP contribution in [0.4, 0.5) is 0 Å². The van der Waals surface area contributed by atoms with Crippen molar-refractivity contribution in [1.29, 1.82) is 0 Å². The van der Waals surface area contributed by atoms with E-state index in [0.29, 0.717) is 32.1 Å². The first-order valence-electron chi connectivity index (χ1n) is 9.42. The summed E-state index contributed by atoms with van der Waals surface area (Å²) in [6.07, 6.45) is 2.59. The van der Waals surface area contributed by atoms with Crippen molar-refractivity contribution in [3.63, 3.8) is 0 Å². The number of hydrogen-bond acceptors (Lipinski definition) is 6. The molecule has 0 aromatic rings. The van der Waals surface area contributed by atoms with Crippen LogP contribution in [0.15, 0.2) is 11.6 Å². The molecular weight excluding hydrogens is 336 g/mol. The van der Waals surface area contributed by atoms with Gasteiger partial charge in [0, 0.05) is 0 Å². The molecule has 0 saturated heterocycles. The molecule has 1 saturated carbocycles. The maximum absolute atomic E-state index is 12.0. The van der Waals surface area contributed by atoms with E-state index in [1.54, 1.807) is 13.8 Å². The molecule has 150 valence electrons. The van der Waals surface area contributed by atoms with Gasteiger partial charge in [0.2, 0.25) is 0 Å². The van der Waals surface area contributed by atoms with Crippen molar-refractivity contribution in [2.24, 2.45) is 5.92 Å². The number of aliphatic hydroxyl groups excluding tert-OH is 1. The van der Waals surface area contributed by atoms with E-state index >= 15 is 0 Å². The standard InChI is InChI=1S/C20H34O6/c1-17(2,23)13-7-9-20(25,16(22)10-13)12-26-18(3,4)14-6-8-19(5,24)15(21)11-14/h11,13,16,22-25H,6-10,12H2,1-5H3. The largest absolute Gasteiger partial charge is 0.390 e. The Morgan fingerprint density at radius 1 is 1.23 bits per heavy atom. The van der Waals surface area contributed by atoms with Crippen LogP contribution in [0.5, 0.6) is 0 Å². The summed E-state index contributed by atoms with van der Waals surface area (Å²) in [5, 5.41) is 41.4. The van der Waals surface area contributed by atoms with Crippen LogP contribution in [0.1, 0.15) is 66.7 Å². The number of ketones is 1. The summed E-state index contributed by atoms with van der Waals surface area (Å²) in [7, 11) is 0. The summed E-state index contributed by atoms with van der Waals surface area (Å²) in [6.45, 7) is 8.54. The maximum Gasteiger partial charge on any atom is 0.186 e. The van der Waals surface area contributed by atoms with Gasteiger partial charge in [-0.2, -0.15) is 0 Å². The van der Waals surface area contributed by atoms with Crippen LogP contribution in [0, 0.1) is 5.92 Å². The van der Waals surface area contributed by atoms with Crippen LogP contribution < -0.4 is 0 Å². The third-order valence-corrected chi connectivity index (χ3v) is 6.23. The van der Waals surface area contributed by atoms with Crippen molar-refractivity contribution in [2.45, 2.75) is 95.2 Å². The fourth-order valence-corrected chi connectivity index (χ4v) is 3.77. The van der Waals surface area contributed by atoms with Gasteiger partial charge in [0.1, 0.15) is 11.2 Å². The molecule has 26 heavy (non-hydrogen) atoms. The van der Waals surface area contributed by atoms with Gasteiger partial charge in [-0.1, -0.05) is 0 Å². The lowest BCUT2D eigenvalue weighted by Crippen LogP contribution is -2.54. The molecule has 0 radical (unpaired) electrons. The number of carbonyl (C=O) groups is 1. The van der Waals surface area contributed by atoms with Crippen LogP contribution in [0.2, 0.25) is 0 Å². The van der Waals surface area contributed by atoms with Crippen LogP contribution in [-0.2, 0) is 9.53 Å². The van der Waals surface area contributed by atoms with Crippen LogP contribution in [0.3, 0.4) is 0 Å². The number of aliphatic hydroxyl groups is 4. The van der Waals surface area contributed by atoms with Gasteiger partial charge in [-0.15, -0.1) is 0 Å². The Labute approximate surface area is 155 Å². The lowest BCUT2D eigenvalue weighted by molar-refractivity contribution is -0.179. The minimum Gasteiger partial charge on any atom is -0.390 e. The first kappa shape index (κ1) is 21.5. The molecule has 0 aromatic heterocycles. The summed E-state index contributed by atoms with van der Waals surface area (Å²) < 4.78 is 5.94. The SMILES string of the molecule is CC1(O)CCC(C(C)(C)OCC2(O)CCC(C(C)(C)O)CC2O)=CC1=O. The molecule has 0 spiro atoms. The highest BCUT2D eigenvalue weighted by atomic mass is 16.5. The van der Waals surface area contributed by atoms with Crippen LogP contribution in [0.25, 0.3) is 0 Å². The summed E-state index contributed by atoms with van der Waals surface area (Å²) in [6, 6.07) is 0. The van der Waals surface area contributed by atoms with Gasteiger partial charge < -0.3 is 25.2 Å². The molecule has 4 unspecified atom stereocenters. The highest BCUT2D eigenvalue weighted by Gasteiger charge is 2.46. The minimum atomic E-state index is -1.37. The van der Waals surface area contributed by atoms with E-state index in [9.17, 15) is 25.2 Å². The Balaban J connectivity index is 2.02. The first-order valence-corrected chi connectivity index (χ1v) is 9.42. The maximum atomic E-state index is 12.0. The van der Waals surface area contributed by atoms with Crippen LogP contribution >= 0.6 is 0 Å². The second-order valence-corrected chi connectivity index (χ2v) is 9.35. The van der Waals surface area contributed by atoms with Crippen molar-refractivity contribution in [1.82, 2.24) is 0 Å². The molecule has 6 heteroatoms. The zero-order valence-corrected chi connectivity index (χ0v) is 16.6. The molecule has 6 nitrogen and oxygen atoms in total. The zero-order valence-electron chi connectivity index (χ0n) is 16.6. The highest BCUT2D eigenvalue weighted by molar-refractivity contribution is 5.98. The Kier molecular flexibility index (Phi) is 5.78. The van der Waals surface area contributed by atoms with Gasteiger partial charge in [0.15, 0.2) is 5.78 Å². The van der Waals surface area contributed by atoms with Crippen molar-refractivity contribution >= 4 is 5.78 Å². The van der Waals surface area contributed by atoms with Gasteiger partial charge in [0.05, 0.1) is 23.9 Å². The third kappa shape index (κ3) is 4.54. The molecule has 2 rings (SSSR count). The second kappa shape index (κ2) is 6.99. The number of rotatable bonds is 5. The third-order valence-electron chi connectivity index (χ3n) is 6.23. The average Bonchev–Trinajstić information content (AvgIpc) is 2.50. The van der Waals surface area contributed by atoms with Crippen molar-refractivity contribution < 1.29 is 30.0 Å². The predicted octanol–water partition coefficient (Wildman–Crippen LogP) is 1.48. The monoisotopic (exact) mass is 370 g/mol. The molecule has 0 bridgehead atoms. The van der Waals surface area contributed by atoms with E-state index < -0.39 is 28.5 Å². The topological polar surface area (TPSA) is 107 Å². The molecule has 4 N–H and O–H groups in total. The van der Waals surface area contributed by atoms with E-state index in [2.05, 4.69) is 0 Å². The molecule has 0 amide bonds. The quantitative estimate of drug-likeness (QED) is 0.584. The van der Waals surface area contributed by atoms with E-state index in [1.165, 1.54) is 13.0 Å². The molecule has 0 heterocycles.